The van der Waals surface area contributed by atoms with Crippen molar-refractivity contribution in [3.8, 4) is 0 Å². The highest BCUT2D eigenvalue weighted by molar-refractivity contribution is 6.02. The van der Waals surface area contributed by atoms with Crippen molar-refractivity contribution >= 4 is 23.5 Å². The molecule has 0 aliphatic carbocycles. The van der Waals surface area contributed by atoms with Crippen LogP contribution in [0.2, 0.25) is 0 Å². The Labute approximate surface area is 109 Å². The van der Waals surface area contributed by atoms with E-state index in [-0.39, 0.29) is 0 Å². The third-order valence-corrected chi connectivity index (χ3v) is 2.43. The van der Waals surface area contributed by atoms with Crippen LogP contribution in [0.3, 0.4) is 0 Å². The minimum atomic E-state index is -1.21. The summed E-state index contributed by atoms with van der Waals surface area (Å²) in [6.45, 7) is 1.56. The minimum absolute atomic E-state index is 0.460. The summed E-state index contributed by atoms with van der Waals surface area (Å²) in [6.07, 6.45) is 1.63. The van der Waals surface area contributed by atoms with Crippen molar-refractivity contribution in [3.05, 3.63) is 42.0 Å². The molecule has 0 saturated carbocycles. The van der Waals surface area contributed by atoms with Gasteiger partial charge < -0.3 is 15.5 Å². The number of benzene rings is 1. The van der Waals surface area contributed by atoms with Gasteiger partial charge in [0.1, 0.15) is 0 Å². The maximum Gasteiger partial charge on any atom is 0.328 e. The first-order chi connectivity index (χ1) is 8.90. The Morgan fingerprint density at radius 1 is 1.11 bits per heavy atom. The Bertz CT molecular complexity index is 518. The first kappa shape index (κ1) is 14.4. The van der Waals surface area contributed by atoms with Crippen molar-refractivity contribution in [1.29, 1.82) is 0 Å². The Kier molecular flexibility index (Phi) is 4.82. The molecule has 1 aromatic rings. The summed E-state index contributed by atoms with van der Waals surface area (Å²) in [4.78, 5) is 32.3. The number of aliphatic carboxylic acids is 2. The number of carbonyl (C=O) groups is 3. The molecule has 0 radical (unpaired) electrons. The van der Waals surface area contributed by atoms with Gasteiger partial charge in [0.2, 0.25) is 5.91 Å². The summed E-state index contributed by atoms with van der Waals surface area (Å²) in [5.41, 5.74) is 1.08. The second-order valence-electron chi connectivity index (χ2n) is 3.84. The molecule has 1 aromatic carbocycles. The molecule has 1 unspecified atom stereocenters. The Morgan fingerprint density at radius 3 is 2.16 bits per heavy atom. The van der Waals surface area contributed by atoms with Gasteiger partial charge in [0.05, 0.1) is 5.92 Å². The quantitative estimate of drug-likeness (QED) is 0.697. The maximum absolute atomic E-state index is 11.3. The molecule has 3 N–H and O–H groups in total. The van der Waals surface area contributed by atoms with Crippen molar-refractivity contribution in [3.63, 3.8) is 0 Å². The zero-order chi connectivity index (χ0) is 14.4. The summed E-state index contributed by atoms with van der Waals surface area (Å²) in [7, 11) is 0. The van der Waals surface area contributed by atoms with Gasteiger partial charge in [0.25, 0.3) is 0 Å². The molecule has 0 bridgehead atoms. The SMILES string of the molecule is CC(C(=O)O)c1ccc(NC(=O)C=CC(=O)O)cc1. The molecule has 0 aliphatic heterocycles. The van der Waals surface area contributed by atoms with Crippen molar-refractivity contribution in [2.75, 3.05) is 5.32 Å². The second kappa shape index (κ2) is 6.34. The summed E-state index contributed by atoms with van der Waals surface area (Å²) >= 11 is 0. The van der Waals surface area contributed by atoms with Crippen LogP contribution in [0.1, 0.15) is 18.4 Å². The number of hydrogen-bond acceptors (Lipinski definition) is 3. The molecular formula is C13H13NO5. The highest BCUT2D eigenvalue weighted by atomic mass is 16.4. The normalized spacial score (nSPS) is 12.1. The van der Waals surface area contributed by atoms with Gasteiger partial charge in [0, 0.05) is 17.8 Å². The van der Waals surface area contributed by atoms with Crippen LogP contribution in [0, 0.1) is 0 Å². The van der Waals surface area contributed by atoms with Gasteiger partial charge >= 0.3 is 11.9 Å². The van der Waals surface area contributed by atoms with Crippen molar-refractivity contribution < 1.29 is 24.6 Å². The predicted molar refractivity (Wildman–Crippen MR) is 67.9 cm³/mol. The van der Waals surface area contributed by atoms with Gasteiger partial charge in [-0.2, -0.15) is 0 Å². The van der Waals surface area contributed by atoms with Crippen LogP contribution in [0.4, 0.5) is 5.69 Å². The second-order valence-corrected chi connectivity index (χ2v) is 3.84. The third kappa shape index (κ3) is 4.63. The van der Waals surface area contributed by atoms with E-state index in [1.54, 1.807) is 31.2 Å². The van der Waals surface area contributed by atoms with Gasteiger partial charge in [-0.05, 0) is 24.6 Å². The number of nitrogens with one attached hydrogen (secondary N) is 1. The fraction of sp³-hybridized carbons (Fsp3) is 0.154. The molecule has 1 amide bonds. The number of carboxylic acid groups (broad SMARTS) is 2. The van der Waals surface area contributed by atoms with Gasteiger partial charge in [0.15, 0.2) is 0 Å². The minimum Gasteiger partial charge on any atom is -0.481 e. The van der Waals surface area contributed by atoms with Gasteiger partial charge in [-0.25, -0.2) is 4.79 Å². The van der Waals surface area contributed by atoms with Crippen molar-refractivity contribution in [2.45, 2.75) is 12.8 Å². The van der Waals surface area contributed by atoms with Crippen LogP contribution in [0.25, 0.3) is 0 Å². The van der Waals surface area contributed by atoms with Crippen molar-refractivity contribution in [2.24, 2.45) is 0 Å². The van der Waals surface area contributed by atoms with Gasteiger partial charge in [-0.1, -0.05) is 12.1 Å². The van der Waals surface area contributed by atoms with E-state index in [9.17, 15) is 14.4 Å². The van der Waals surface area contributed by atoms with E-state index in [2.05, 4.69) is 5.32 Å². The molecule has 0 aliphatic rings. The molecule has 100 valence electrons. The van der Waals surface area contributed by atoms with E-state index in [0.717, 1.165) is 12.2 Å². The smallest absolute Gasteiger partial charge is 0.328 e. The van der Waals surface area contributed by atoms with Crippen molar-refractivity contribution in [1.82, 2.24) is 0 Å². The summed E-state index contributed by atoms with van der Waals surface area (Å²) in [6, 6.07) is 6.30. The monoisotopic (exact) mass is 263 g/mol. The highest BCUT2D eigenvalue weighted by Crippen LogP contribution is 2.18. The third-order valence-electron chi connectivity index (χ3n) is 2.43. The molecule has 1 rings (SSSR count). The number of anilines is 1. The van der Waals surface area contributed by atoms with Gasteiger partial charge in [-0.3, -0.25) is 9.59 Å². The lowest BCUT2D eigenvalue weighted by molar-refractivity contribution is -0.138. The van der Waals surface area contributed by atoms with E-state index in [0.29, 0.717) is 11.3 Å². The molecule has 0 spiro atoms. The first-order valence-electron chi connectivity index (χ1n) is 5.45. The molecule has 1 atom stereocenters. The van der Waals surface area contributed by atoms with E-state index >= 15 is 0 Å². The van der Waals surface area contributed by atoms with E-state index in [1.807, 2.05) is 0 Å². The lowest BCUT2D eigenvalue weighted by Crippen LogP contribution is -2.10. The van der Waals surface area contributed by atoms with E-state index < -0.39 is 23.8 Å². The molecule has 0 saturated heterocycles. The van der Waals surface area contributed by atoms with Crippen LogP contribution >= 0.6 is 0 Å². The van der Waals surface area contributed by atoms with Crippen LogP contribution in [-0.2, 0) is 14.4 Å². The van der Waals surface area contributed by atoms with Crippen LogP contribution < -0.4 is 5.32 Å². The average Bonchev–Trinajstić information content (AvgIpc) is 2.36. The first-order valence-corrected chi connectivity index (χ1v) is 5.45. The molecule has 0 fully saturated rings. The Hall–Kier alpha value is -2.63. The lowest BCUT2D eigenvalue weighted by atomic mass is 10.0. The topological polar surface area (TPSA) is 104 Å². The molecule has 6 nitrogen and oxygen atoms in total. The number of carbonyl (C=O) groups excluding carboxylic acids is 1. The summed E-state index contributed by atoms with van der Waals surface area (Å²) in [5, 5.41) is 19.6. The standard InChI is InChI=1S/C13H13NO5/c1-8(13(18)19)9-2-4-10(5-3-9)14-11(15)6-7-12(16)17/h2-8H,1H3,(H,14,15)(H,16,17)(H,18,19). The Morgan fingerprint density at radius 2 is 1.68 bits per heavy atom. The molecule has 19 heavy (non-hydrogen) atoms. The predicted octanol–water partition coefficient (Wildman–Crippen LogP) is 1.45. The summed E-state index contributed by atoms with van der Waals surface area (Å²) in [5.74, 6) is -3.33. The largest absolute Gasteiger partial charge is 0.481 e. The van der Waals surface area contributed by atoms with Crippen LogP contribution in [0.5, 0.6) is 0 Å². The summed E-state index contributed by atoms with van der Waals surface area (Å²) < 4.78 is 0. The number of rotatable bonds is 5. The zero-order valence-electron chi connectivity index (χ0n) is 10.2. The molecule has 0 aromatic heterocycles. The average molecular weight is 263 g/mol. The fourth-order valence-electron chi connectivity index (χ4n) is 1.33. The lowest BCUT2D eigenvalue weighted by Gasteiger charge is -2.08. The molecule has 0 heterocycles. The molecule has 6 heteroatoms. The number of carboxylic acids is 2. The van der Waals surface area contributed by atoms with Crippen LogP contribution in [-0.4, -0.2) is 28.1 Å². The molecular weight excluding hydrogens is 250 g/mol. The highest BCUT2D eigenvalue weighted by Gasteiger charge is 2.13. The van der Waals surface area contributed by atoms with Gasteiger partial charge in [-0.15, -0.1) is 0 Å². The van der Waals surface area contributed by atoms with Crippen LogP contribution in [0.15, 0.2) is 36.4 Å². The van der Waals surface area contributed by atoms with E-state index in [1.165, 1.54) is 0 Å². The van der Waals surface area contributed by atoms with E-state index in [4.69, 9.17) is 10.2 Å². The number of amides is 1. The number of hydrogen-bond donors (Lipinski definition) is 3. The zero-order valence-corrected chi connectivity index (χ0v) is 10.2. The fourth-order valence-corrected chi connectivity index (χ4v) is 1.33. The maximum atomic E-state index is 11.3. The Balaban J connectivity index is 2.69.